The molecule has 0 spiro atoms. The Hall–Kier alpha value is -2.60. The van der Waals surface area contributed by atoms with Gasteiger partial charge in [-0.3, -0.25) is 9.20 Å². The molecule has 0 bridgehead atoms. The molecule has 24 heavy (non-hydrogen) atoms. The van der Waals surface area contributed by atoms with Gasteiger partial charge in [0.2, 0.25) is 0 Å². The van der Waals surface area contributed by atoms with E-state index < -0.39 is 0 Å². The van der Waals surface area contributed by atoms with Crippen LogP contribution in [0.25, 0.3) is 16.7 Å². The Morgan fingerprint density at radius 1 is 1.08 bits per heavy atom. The van der Waals surface area contributed by atoms with Crippen LogP contribution in [-0.4, -0.2) is 19.4 Å². The maximum atomic E-state index is 12.2. The van der Waals surface area contributed by atoms with Gasteiger partial charge >= 0.3 is 0 Å². The van der Waals surface area contributed by atoms with Crippen molar-refractivity contribution in [2.24, 2.45) is 0 Å². The largest absolute Gasteiger partial charge is 0.333 e. The molecule has 0 aliphatic carbocycles. The second-order valence-corrected chi connectivity index (χ2v) is 6.84. The van der Waals surface area contributed by atoms with E-state index in [1.807, 2.05) is 37.4 Å². The Bertz CT molecular complexity index is 1110. The average Bonchev–Trinajstić information content (AvgIpc) is 2.95. The zero-order chi connectivity index (χ0) is 16.7. The Labute approximate surface area is 142 Å². The van der Waals surface area contributed by atoms with E-state index in [4.69, 9.17) is 0 Å². The highest BCUT2D eigenvalue weighted by Gasteiger charge is 2.07. The van der Waals surface area contributed by atoms with Crippen LogP contribution in [0, 0.1) is 13.8 Å². The van der Waals surface area contributed by atoms with E-state index >= 15 is 0 Å². The summed E-state index contributed by atoms with van der Waals surface area (Å²) in [6.07, 6.45) is 1.81. The molecule has 3 aromatic heterocycles. The molecule has 0 unspecified atom stereocenters. The van der Waals surface area contributed by atoms with Crippen molar-refractivity contribution in [3.05, 3.63) is 69.8 Å². The van der Waals surface area contributed by atoms with Crippen molar-refractivity contribution in [3.8, 4) is 0 Å². The molecule has 6 heteroatoms. The van der Waals surface area contributed by atoms with Gasteiger partial charge in [0.15, 0.2) is 5.16 Å². The quantitative estimate of drug-likeness (QED) is 0.582. The van der Waals surface area contributed by atoms with Gasteiger partial charge in [-0.2, -0.15) is 0 Å². The van der Waals surface area contributed by atoms with E-state index in [2.05, 4.69) is 27.9 Å². The van der Waals surface area contributed by atoms with Crippen molar-refractivity contribution in [2.45, 2.75) is 24.8 Å². The van der Waals surface area contributed by atoms with Gasteiger partial charge in [0, 0.05) is 18.0 Å². The molecule has 0 saturated heterocycles. The molecule has 5 nitrogen and oxygen atoms in total. The van der Waals surface area contributed by atoms with Crippen molar-refractivity contribution >= 4 is 28.4 Å². The summed E-state index contributed by atoms with van der Waals surface area (Å²) in [6, 6.07) is 11.6. The fourth-order valence-corrected chi connectivity index (χ4v) is 3.42. The number of H-pyrrole nitrogens is 1. The number of rotatable bonds is 3. The molecule has 4 aromatic rings. The molecule has 0 radical (unpaired) electrons. The number of aryl methyl sites for hydroxylation is 2. The second kappa shape index (κ2) is 5.79. The zero-order valence-electron chi connectivity index (χ0n) is 13.4. The third kappa shape index (κ3) is 2.80. The standard InChI is InChI=1S/C18H16N4OS/c1-11-3-5-14-15(7-11)21-18(20-14)24-10-13-8-17(23)22-9-12(2)4-6-16(22)19-13/h3-9H,10H2,1-2H3,(H,20,21). The van der Waals surface area contributed by atoms with Crippen LogP contribution in [0.5, 0.6) is 0 Å². The van der Waals surface area contributed by atoms with Gasteiger partial charge in [-0.1, -0.05) is 23.9 Å². The lowest BCUT2D eigenvalue weighted by Crippen LogP contribution is -2.15. The topological polar surface area (TPSA) is 63.1 Å². The van der Waals surface area contributed by atoms with Gasteiger partial charge in [0.25, 0.3) is 5.56 Å². The zero-order valence-corrected chi connectivity index (χ0v) is 14.2. The van der Waals surface area contributed by atoms with Crippen molar-refractivity contribution in [1.82, 2.24) is 19.4 Å². The summed E-state index contributed by atoms with van der Waals surface area (Å²) in [5.74, 6) is 0.596. The van der Waals surface area contributed by atoms with Crippen molar-refractivity contribution in [3.63, 3.8) is 0 Å². The Morgan fingerprint density at radius 2 is 1.92 bits per heavy atom. The summed E-state index contributed by atoms with van der Waals surface area (Å²) in [5.41, 5.74) is 5.58. The number of benzene rings is 1. The van der Waals surface area contributed by atoms with Gasteiger partial charge in [0.1, 0.15) is 5.65 Å². The first-order valence-electron chi connectivity index (χ1n) is 7.67. The van der Waals surface area contributed by atoms with E-state index in [0.717, 1.165) is 27.4 Å². The molecule has 1 N–H and O–H groups in total. The number of aromatic nitrogens is 4. The normalized spacial score (nSPS) is 11.4. The van der Waals surface area contributed by atoms with Crippen LogP contribution in [0.2, 0.25) is 0 Å². The number of nitrogens with zero attached hydrogens (tertiary/aromatic N) is 3. The number of imidazole rings is 1. The number of fused-ring (bicyclic) bond motifs is 2. The highest BCUT2D eigenvalue weighted by Crippen LogP contribution is 2.22. The van der Waals surface area contributed by atoms with E-state index in [9.17, 15) is 4.79 Å². The summed E-state index contributed by atoms with van der Waals surface area (Å²) >= 11 is 1.55. The van der Waals surface area contributed by atoms with Crippen LogP contribution in [0.1, 0.15) is 16.8 Å². The number of thioether (sulfide) groups is 1. The van der Waals surface area contributed by atoms with Crippen LogP contribution in [0.15, 0.2) is 52.5 Å². The molecular formula is C18H16N4OS. The minimum Gasteiger partial charge on any atom is -0.333 e. The number of aromatic amines is 1. The Morgan fingerprint density at radius 3 is 2.79 bits per heavy atom. The smallest absolute Gasteiger partial charge is 0.258 e. The fourth-order valence-electron chi connectivity index (χ4n) is 2.64. The molecule has 0 aliphatic heterocycles. The molecule has 0 aliphatic rings. The van der Waals surface area contributed by atoms with Crippen LogP contribution < -0.4 is 5.56 Å². The van der Waals surface area contributed by atoms with Gasteiger partial charge in [-0.25, -0.2) is 9.97 Å². The van der Waals surface area contributed by atoms with Crippen LogP contribution in [0.3, 0.4) is 0 Å². The first-order valence-corrected chi connectivity index (χ1v) is 8.65. The van der Waals surface area contributed by atoms with Gasteiger partial charge in [-0.15, -0.1) is 0 Å². The number of nitrogens with one attached hydrogen (secondary N) is 1. The van der Waals surface area contributed by atoms with Crippen molar-refractivity contribution in [1.29, 1.82) is 0 Å². The molecular weight excluding hydrogens is 320 g/mol. The Kier molecular flexibility index (Phi) is 3.61. The average molecular weight is 336 g/mol. The second-order valence-electron chi connectivity index (χ2n) is 5.87. The molecule has 120 valence electrons. The van der Waals surface area contributed by atoms with Crippen molar-refractivity contribution in [2.75, 3.05) is 0 Å². The summed E-state index contributed by atoms with van der Waals surface area (Å²) in [7, 11) is 0. The predicted octanol–water partition coefficient (Wildman–Crippen LogP) is 3.48. The minimum absolute atomic E-state index is 0.0560. The molecule has 4 rings (SSSR count). The summed E-state index contributed by atoms with van der Waals surface area (Å²) in [5, 5.41) is 0.835. The van der Waals surface area contributed by atoms with E-state index in [0.29, 0.717) is 11.4 Å². The summed E-state index contributed by atoms with van der Waals surface area (Å²) < 4.78 is 1.58. The summed E-state index contributed by atoms with van der Waals surface area (Å²) in [6.45, 7) is 4.01. The molecule has 0 atom stereocenters. The minimum atomic E-state index is -0.0560. The summed E-state index contributed by atoms with van der Waals surface area (Å²) in [4.78, 5) is 24.7. The van der Waals surface area contributed by atoms with Crippen LogP contribution >= 0.6 is 11.8 Å². The third-order valence-corrected chi connectivity index (χ3v) is 4.74. The fraction of sp³-hybridized carbons (Fsp3) is 0.167. The molecule has 0 saturated carbocycles. The van der Waals surface area contributed by atoms with Crippen LogP contribution in [0.4, 0.5) is 0 Å². The monoisotopic (exact) mass is 336 g/mol. The molecule has 1 aromatic carbocycles. The highest BCUT2D eigenvalue weighted by molar-refractivity contribution is 7.98. The number of hydrogen-bond acceptors (Lipinski definition) is 4. The third-order valence-electron chi connectivity index (χ3n) is 3.83. The molecule has 0 fully saturated rings. The number of pyridine rings is 1. The predicted molar refractivity (Wildman–Crippen MR) is 96.6 cm³/mol. The first-order chi connectivity index (χ1) is 11.6. The molecule has 0 amide bonds. The van der Waals surface area contributed by atoms with Gasteiger partial charge in [-0.05, 0) is 43.2 Å². The number of hydrogen-bond donors (Lipinski definition) is 1. The van der Waals surface area contributed by atoms with E-state index in [-0.39, 0.29) is 5.56 Å². The SMILES string of the molecule is Cc1ccc2nc(SCc3cc(=O)n4cc(C)ccc4n3)[nH]c2c1. The van der Waals surface area contributed by atoms with E-state index in [1.165, 1.54) is 5.56 Å². The highest BCUT2D eigenvalue weighted by atomic mass is 32.2. The first kappa shape index (κ1) is 15.0. The van der Waals surface area contributed by atoms with Gasteiger partial charge < -0.3 is 4.98 Å². The lowest BCUT2D eigenvalue weighted by Gasteiger charge is -2.04. The maximum Gasteiger partial charge on any atom is 0.258 e. The van der Waals surface area contributed by atoms with E-state index in [1.54, 1.807) is 22.2 Å². The maximum absolute atomic E-state index is 12.2. The molecule has 3 heterocycles. The lowest BCUT2D eigenvalue weighted by molar-refractivity contribution is 0.998. The van der Waals surface area contributed by atoms with Crippen LogP contribution in [-0.2, 0) is 5.75 Å². The van der Waals surface area contributed by atoms with Crippen molar-refractivity contribution < 1.29 is 0 Å². The lowest BCUT2D eigenvalue weighted by atomic mass is 10.2. The van der Waals surface area contributed by atoms with Gasteiger partial charge in [0.05, 0.1) is 16.7 Å². The Balaban J connectivity index is 1.61.